The lowest BCUT2D eigenvalue weighted by molar-refractivity contribution is 0.168. The first-order valence-corrected chi connectivity index (χ1v) is 7.76. The van der Waals surface area contributed by atoms with Crippen molar-refractivity contribution in [2.24, 2.45) is 0 Å². The molecule has 1 fully saturated rings. The SMILES string of the molecule is OCCC1(NCc2ccc3c(c2)OCCO3)CCNCC1. The Labute approximate surface area is 125 Å². The van der Waals surface area contributed by atoms with Crippen LogP contribution in [0.25, 0.3) is 0 Å². The third kappa shape index (κ3) is 3.48. The van der Waals surface area contributed by atoms with E-state index in [-0.39, 0.29) is 12.1 Å². The Morgan fingerprint density at radius 1 is 1.14 bits per heavy atom. The molecule has 0 amide bonds. The highest BCUT2D eigenvalue weighted by molar-refractivity contribution is 5.43. The van der Waals surface area contributed by atoms with Gasteiger partial charge < -0.3 is 25.2 Å². The minimum absolute atomic E-state index is 0.0489. The molecule has 116 valence electrons. The van der Waals surface area contributed by atoms with Crippen molar-refractivity contribution in [3.8, 4) is 11.5 Å². The maximum atomic E-state index is 9.34. The van der Waals surface area contributed by atoms with E-state index in [1.165, 1.54) is 5.56 Å². The third-order valence-electron chi connectivity index (χ3n) is 4.43. The number of rotatable bonds is 5. The van der Waals surface area contributed by atoms with Gasteiger partial charge in [0, 0.05) is 18.7 Å². The Morgan fingerprint density at radius 2 is 1.90 bits per heavy atom. The van der Waals surface area contributed by atoms with E-state index in [9.17, 15) is 5.11 Å². The standard InChI is InChI=1S/C16H24N2O3/c19-8-5-16(3-6-17-7-4-16)18-12-13-1-2-14-15(11-13)21-10-9-20-14/h1-2,11,17-19H,3-10,12H2. The maximum absolute atomic E-state index is 9.34. The van der Waals surface area contributed by atoms with E-state index in [4.69, 9.17) is 9.47 Å². The van der Waals surface area contributed by atoms with Gasteiger partial charge in [-0.1, -0.05) is 6.07 Å². The Bertz CT molecular complexity index is 467. The summed E-state index contributed by atoms with van der Waals surface area (Å²) in [6.07, 6.45) is 2.91. The van der Waals surface area contributed by atoms with E-state index >= 15 is 0 Å². The average Bonchev–Trinajstić information content (AvgIpc) is 2.54. The molecule has 21 heavy (non-hydrogen) atoms. The van der Waals surface area contributed by atoms with Crippen molar-refractivity contribution in [2.75, 3.05) is 32.9 Å². The summed E-state index contributed by atoms with van der Waals surface area (Å²) >= 11 is 0. The summed E-state index contributed by atoms with van der Waals surface area (Å²) in [6.45, 7) is 4.27. The zero-order valence-electron chi connectivity index (χ0n) is 12.4. The fourth-order valence-electron chi connectivity index (χ4n) is 3.12. The van der Waals surface area contributed by atoms with E-state index in [0.29, 0.717) is 13.2 Å². The smallest absolute Gasteiger partial charge is 0.161 e. The van der Waals surface area contributed by atoms with Gasteiger partial charge in [0.15, 0.2) is 11.5 Å². The molecule has 0 aromatic heterocycles. The number of ether oxygens (including phenoxy) is 2. The number of benzene rings is 1. The van der Waals surface area contributed by atoms with Gasteiger partial charge in [0.25, 0.3) is 0 Å². The predicted molar refractivity (Wildman–Crippen MR) is 80.8 cm³/mol. The monoisotopic (exact) mass is 292 g/mol. The highest BCUT2D eigenvalue weighted by Gasteiger charge is 2.30. The minimum atomic E-state index is 0.0489. The van der Waals surface area contributed by atoms with Gasteiger partial charge in [0.05, 0.1) is 0 Å². The van der Waals surface area contributed by atoms with Crippen molar-refractivity contribution in [3.05, 3.63) is 23.8 Å². The van der Waals surface area contributed by atoms with Crippen molar-refractivity contribution in [3.63, 3.8) is 0 Å². The van der Waals surface area contributed by atoms with Crippen LogP contribution in [0.5, 0.6) is 11.5 Å². The van der Waals surface area contributed by atoms with Crippen LogP contribution >= 0.6 is 0 Å². The molecule has 0 radical (unpaired) electrons. The van der Waals surface area contributed by atoms with E-state index < -0.39 is 0 Å². The molecular formula is C16H24N2O3. The van der Waals surface area contributed by atoms with Crippen LogP contribution in [-0.4, -0.2) is 43.6 Å². The number of aliphatic hydroxyl groups excluding tert-OH is 1. The second-order valence-corrected chi connectivity index (χ2v) is 5.84. The van der Waals surface area contributed by atoms with Crippen molar-refractivity contribution < 1.29 is 14.6 Å². The molecule has 0 unspecified atom stereocenters. The third-order valence-corrected chi connectivity index (χ3v) is 4.43. The van der Waals surface area contributed by atoms with Crippen LogP contribution in [0.4, 0.5) is 0 Å². The molecule has 0 bridgehead atoms. The summed E-state index contributed by atoms with van der Waals surface area (Å²) in [6, 6.07) is 6.11. The summed E-state index contributed by atoms with van der Waals surface area (Å²) in [5, 5.41) is 16.4. The Kier molecular flexibility index (Phi) is 4.63. The first-order valence-electron chi connectivity index (χ1n) is 7.76. The molecule has 1 aromatic rings. The zero-order valence-corrected chi connectivity index (χ0v) is 12.4. The Balaban J connectivity index is 1.65. The van der Waals surface area contributed by atoms with Crippen LogP contribution in [-0.2, 0) is 6.54 Å². The molecule has 3 N–H and O–H groups in total. The highest BCUT2D eigenvalue weighted by Crippen LogP contribution is 2.31. The molecule has 2 aliphatic heterocycles. The van der Waals surface area contributed by atoms with E-state index in [1.54, 1.807) is 0 Å². The second-order valence-electron chi connectivity index (χ2n) is 5.84. The fraction of sp³-hybridized carbons (Fsp3) is 0.625. The lowest BCUT2D eigenvalue weighted by Gasteiger charge is -2.38. The van der Waals surface area contributed by atoms with Crippen molar-refractivity contribution in [1.82, 2.24) is 10.6 Å². The van der Waals surface area contributed by atoms with Gasteiger partial charge in [-0.15, -0.1) is 0 Å². The second kappa shape index (κ2) is 6.64. The van der Waals surface area contributed by atoms with Gasteiger partial charge in [-0.3, -0.25) is 0 Å². The van der Waals surface area contributed by atoms with Crippen molar-refractivity contribution >= 4 is 0 Å². The number of piperidine rings is 1. The minimum Gasteiger partial charge on any atom is -0.486 e. The lowest BCUT2D eigenvalue weighted by atomic mass is 9.85. The highest BCUT2D eigenvalue weighted by atomic mass is 16.6. The molecule has 0 aliphatic carbocycles. The van der Waals surface area contributed by atoms with Crippen LogP contribution in [0.1, 0.15) is 24.8 Å². The van der Waals surface area contributed by atoms with Gasteiger partial charge in [-0.05, 0) is 50.0 Å². The maximum Gasteiger partial charge on any atom is 0.161 e. The molecule has 0 saturated carbocycles. The number of nitrogens with one attached hydrogen (secondary N) is 2. The van der Waals surface area contributed by atoms with E-state index in [0.717, 1.165) is 50.4 Å². The normalized spacial score (nSPS) is 20.2. The first-order chi connectivity index (χ1) is 10.3. The number of hydrogen-bond donors (Lipinski definition) is 3. The average molecular weight is 292 g/mol. The molecule has 2 heterocycles. The first kappa shape index (κ1) is 14.6. The Hall–Kier alpha value is -1.30. The predicted octanol–water partition coefficient (Wildman–Crippen LogP) is 1.05. The molecule has 3 rings (SSSR count). The quantitative estimate of drug-likeness (QED) is 0.757. The van der Waals surface area contributed by atoms with E-state index in [2.05, 4.69) is 22.8 Å². The molecule has 5 heteroatoms. The summed E-state index contributed by atoms with van der Waals surface area (Å²) in [4.78, 5) is 0. The number of aliphatic hydroxyl groups is 1. The van der Waals surface area contributed by atoms with Crippen LogP contribution in [0, 0.1) is 0 Å². The van der Waals surface area contributed by atoms with Gasteiger partial charge in [0.1, 0.15) is 13.2 Å². The van der Waals surface area contributed by atoms with Crippen LogP contribution in [0.15, 0.2) is 18.2 Å². The summed E-state index contributed by atoms with van der Waals surface area (Å²) < 4.78 is 11.2. The molecule has 2 aliphatic rings. The largest absolute Gasteiger partial charge is 0.486 e. The topological polar surface area (TPSA) is 62.8 Å². The van der Waals surface area contributed by atoms with Crippen LogP contribution < -0.4 is 20.1 Å². The van der Waals surface area contributed by atoms with Crippen molar-refractivity contribution in [1.29, 1.82) is 0 Å². The fourth-order valence-corrected chi connectivity index (χ4v) is 3.12. The van der Waals surface area contributed by atoms with E-state index in [1.807, 2.05) is 6.07 Å². The number of fused-ring (bicyclic) bond motifs is 1. The van der Waals surface area contributed by atoms with Gasteiger partial charge in [0.2, 0.25) is 0 Å². The van der Waals surface area contributed by atoms with Crippen molar-refractivity contribution in [2.45, 2.75) is 31.3 Å². The number of hydrogen-bond acceptors (Lipinski definition) is 5. The van der Waals surface area contributed by atoms with Gasteiger partial charge in [-0.25, -0.2) is 0 Å². The Morgan fingerprint density at radius 3 is 2.67 bits per heavy atom. The molecule has 5 nitrogen and oxygen atoms in total. The molecule has 1 saturated heterocycles. The molecule has 0 atom stereocenters. The van der Waals surface area contributed by atoms with Crippen LogP contribution in [0.2, 0.25) is 0 Å². The molecular weight excluding hydrogens is 268 g/mol. The molecule has 0 spiro atoms. The summed E-state index contributed by atoms with van der Waals surface area (Å²) in [5.74, 6) is 1.67. The summed E-state index contributed by atoms with van der Waals surface area (Å²) in [7, 11) is 0. The lowest BCUT2D eigenvalue weighted by Crippen LogP contribution is -2.52. The zero-order chi connectivity index (χ0) is 14.5. The van der Waals surface area contributed by atoms with Crippen LogP contribution in [0.3, 0.4) is 0 Å². The molecule has 1 aromatic carbocycles. The van der Waals surface area contributed by atoms with Gasteiger partial charge >= 0.3 is 0 Å². The summed E-state index contributed by atoms with van der Waals surface area (Å²) in [5.41, 5.74) is 1.24. The van der Waals surface area contributed by atoms with Gasteiger partial charge in [-0.2, -0.15) is 0 Å².